The zero-order valence-corrected chi connectivity index (χ0v) is 18.7. The number of rotatable bonds is 6. The van der Waals surface area contributed by atoms with Crippen molar-refractivity contribution in [1.29, 1.82) is 0 Å². The Morgan fingerprint density at radius 2 is 1.77 bits per heavy atom. The SMILES string of the molecule is COc1ccccc1-c1nc(C(=O)N2CCC(NS(=O)(=O)c3ccccc3)CC2)cs1. The van der Waals surface area contributed by atoms with Crippen molar-refractivity contribution >= 4 is 27.3 Å². The number of amides is 1. The first-order chi connectivity index (χ1) is 15.0. The summed E-state index contributed by atoms with van der Waals surface area (Å²) < 4.78 is 33.2. The highest BCUT2D eigenvalue weighted by Crippen LogP contribution is 2.32. The smallest absolute Gasteiger partial charge is 0.273 e. The third-order valence-corrected chi connectivity index (χ3v) is 7.63. The van der Waals surface area contributed by atoms with E-state index < -0.39 is 10.0 Å². The summed E-state index contributed by atoms with van der Waals surface area (Å²) in [5.41, 5.74) is 1.25. The van der Waals surface area contributed by atoms with Gasteiger partial charge in [0.25, 0.3) is 5.91 Å². The molecule has 0 radical (unpaired) electrons. The monoisotopic (exact) mass is 457 g/mol. The number of methoxy groups -OCH3 is 1. The van der Waals surface area contributed by atoms with Gasteiger partial charge in [0.05, 0.1) is 17.6 Å². The third-order valence-electron chi connectivity index (χ3n) is 5.22. The lowest BCUT2D eigenvalue weighted by atomic mass is 10.1. The molecule has 7 nitrogen and oxygen atoms in total. The second-order valence-electron chi connectivity index (χ2n) is 7.24. The van der Waals surface area contributed by atoms with E-state index in [9.17, 15) is 13.2 Å². The van der Waals surface area contributed by atoms with Crippen LogP contribution in [0.25, 0.3) is 10.6 Å². The molecule has 1 aliphatic rings. The lowest BCUT2D eigenvalue weighted by Crippen LogP contribution is -2.46. The van der Waals surface area contributed by atoms with E-state index in [1.807, 2.05) is 24.3 Å². The first-order valence-electron chi connectivity index (χ1n) is 9.93. The van der Waals surface area contributed by atoms with E-state index >= 15 is 0 Å². The number of para-hydroxylation sites is 1. The van der Waals surface area contributed by atoms with Crippen LogP contribution in [0.4, 0.5) is 0 Å². The van der Waals surface area contributed by atoms with Gasteiger partial charge in [-0.3, -0.25) is 4.79 Å². The first kappa shape index (κ1) is 21.5. The zero-order chi connectivity index (χ0) is 21.8. The van der Waals surface area contributed by atoms with Gasteiger partial charge in [0, 0.05) is 24.5 Å². The summed E-state index contributed by atoms with van der Waals surface area (Å²) in [6.45, 7) is 0.949. The molecule has 0 unspecified atom stereocenters. The van der Waals surface area contributed by atoms with E-state index in [0.29, 0.717) is 37.4 Å². The predicted octanol–water partition coefficient (Wildman–Crippen LogP) is 3.40. The van der Waals surface area contributed by atoms with Crippen LogP contribution in [-0.2, 0) is 10.0 Å². The van der Waals surface area contributed by atoms with Crippen molar-refractivity contribution in [2.24, 2.45) is 0 Å². The highest BCUT2D eigenvalue weighted by Gasteiger charge is 2.28. The molecule has 1 aromatic heterocycles. The van der Waals surface area contributed by atoms with Crippen LogP contribution >= 0.6 is 11.3 Å². The molecule has 9 heteroatoms. The van der Waals surface area contributed by atoms with Gasteiger partial charge in [0.1, 0.15) is 16.5 Å². The summed E-state index contributed by atoms with van der Waals surface area (Å²) in [5.74, 6) is 0.573. The Balaban J connectivity index is 1.38. The van der Waals surface area contributed by atoms with Gasteiger partial charge in [-0.25, -0.2) is 18.1 Å². The molecule has 0 saturated carbocycles. The Bertz CT molecular complexity index is 1150. The number of hydrogen-bond donors (Lipinski definition) is 1. The van der Waals surface area contributed by atoms with Gasteiger partial charge in [0.2, 0.25) is 10.0 Å². The van der Waals surface area contributed by atoms with Crippen molar-refractivity contribution in [3.05, 3.63) is 65.7 Å². The van der Waals surface area contributed by atoms with Crippen molar-refractivity contribution in [1.82, 2.24) is 14.6 Å². The molecular weight excluding hydrogens is 434 g/mol. The second kappa shape index (κ2) is 9.17. The molecule has 1 N–H and O–H groups in total. The molecule has 1 saturated heterocycles. The van der Waals surface area contributed by atoms with Gasteiger partial charge >= 0.3 is 0 Å². The lowest BCUT2D eigenvalue weighted by molar-refractivity contribution is 0.0706. The molecular formula is C22H23N3O4S2. The van der Waals surface area contributed by atoms with E-state index in [0.717, 1.165) is 10.6 Å². The van der Waals surface area contributed by atoms with Crippen LogP contribution in [0.1, 0.15) is 23.3 Å². The molecule has 3 aromatic rings. The van der Waals surface area contributed by atoms with E-state index in [4.69, 9.17) is 4.74 Å². The highest BCUT2D eigenvalue weighted by atomic mass is 32.2. The fraction of sp³-hybridized carbons (Fsp3) is 0.273. The Hall–Kier alpha value is -2.75. The summed E-state index contributed by atoms with van der Waals surface area (Å²) >= 11 is 1.40. The number of carbonyl (C=O) groups excluding carboxylic acids is 1. The van der Waals surface area contributed by atoms with Crippen molar-refractivity contribution in [2.45, 2.75) is 23.8 Å². The number of aromatic nitrogens is 1. The van der Waals surface area contributed by atoms with Crippen LogP contribution in [-0.4, -0.2) is 50.5 Å². The fourth-order valence-electron chi connectivity index (χ4n) is 3.57. The van der Waals surface area contributed by atoms with Crippen LogP contribution in [0.2, 0.25) is 0 Å². The van der Waals surface area contributed by atoms with E-state index in [2.05, 4.69) is 9.71 Å². The first-order valence-corrected chi connectivity index (χ1v) is 12.3. The van der Waals surface area contributed by atoms with Gasteiger partial charge in [-0.15, -0.1) is 11.3 Å². The van der Waals surface area contributed by atoms with E-state index in [1.165, 1.54) is 11.3 Å². The molecule has 31 heavy (non-hydrogen) atoms. The van der Waals surface area contributed by atoms with Gasteiger partial charge in [0.15, 0.2) is 0 Å². The van der Waals surface area contributed by atoms with Crippen molar-refractivity contribution < 1.29 is 17.9 Å². The van der Waals surface area contributed by atoms with Crippen LogP contribution < -0.4 is 9.46 Å². The molecule has 162 valence electrons. The van der Waals surface area contributed by atoms with Gasteiger partial charge in [-0.2, -0.15) is 0 Å². The average molecular weight is 458 g/mol. The molecule has 1 fully saturated rings. The normalized spacial score (nSPS) is 15.1. The number of ether oxygens (including phenoxy) is 1. The van der Waals surface area contributed by atoms with Crippen LogP contribution in [0, 0.1) is 0 Å². The average Bonchev–Trinajstić information content (AvgIpc) is 3.29. The number of nitrogens with zero attached hydrogens (tertiary/aromatic N) is 2. The molecule has 4 rings (SSSR count). The van der Waals surface area contributed by atoms with Crippen molar-refractivity contribution in [3.8, 4) is 16.3 Å². The third kappa shape index (κ3) is 4.79. The molecule has 0 atom stereocenters. The standard InChI is InChI=1S/C22H23N3O4S2/c1-29-20-10-6-5-9-18(20)21-23-19(15-30-21)22(26)25-13-11-16(12-14-25)24-31(27,28)17-7-3-2-4-8-17/h2-10,15-16,24H,11-14H2,1H3. The minimum Gasteiger partial charge on any atom is -0.496 e. The van der Waals surface area contributed by atoms with E-state index in [1.54, 1.807) is 47.7 Å². The number of piperidine rings is 1. The summed E-state index contributed by atoms with van der Waals surface area (Å²) in [7, 11) is -1.95. The summed E-state index contributed by atoms with van der Waals surface area (Å²) in [4.78, 5) is 19.4. The Morgan fingerprint density at radius 1 is 1.10 bits per heavy atom. The Kier molecular flexibility index (Phi) is 6.35. The maximum atomic E-state index is 12.9. The summed E-state index contributed by atoms with van der Waals surface area (Å²) in [6, 6.07) is 15.7. The fourth-order valence-corrected chi connectivity index (χ4v) is 5.72. The number of benzene rings is 2. The summed E-state index contributed by atoms with van der Waals surface area (Å²) in [5, 5.41) is 2.49. The largest absolute Gasteiger partial charge is 0.496 e. The van der Waals surface area contributed by atoms with E-state index in [-0.39, 0.29) is 16.8 Å². The predicted molar refractivity (Wildman–Crippen MR) is 120 cm³/mol. The number of thiazole rings is 1. The minimum atomic E-state index is -3.56. The number of likely N-dealkylation sites (tertiary alicyclic amines) is 1. The Morgan fingerprint density at radius 3 is 2.48 bits per heavy atom. The van der Waals surface area contributed by atoms with Gasteiger partial charge < -0.3 is 9.64 Å². The van der Waals surface area contributed by atoms with Gasteiger partial charge in [-0.1, -0.05) is 30.3 Å². The number of carbonyl (C=O) groups is 1. The lowest BCUT2D eigenvalue weighted by Gasteiger charge is -2.31. The summed E-state index contributed by atoms with van der Waals surface area (Å²) in [6.07, 6.45) is 1.11. The number of hydrogen-bond acceptors (Lipinski definition) is 6. The molecule has 1 amide bonds. The molecule has 2 aromatic carbocycles. The molecule has 2 heterocycles. The molecule has 0 aliphatic carbocycles. The Labute approximate surface area is 185 Å². The van der Waals surface area contributed by atoms with Crippen molar-refractivity contribution in [2.75, 3.05) is 20.2 Å². The molecule has 0 spiro atoms. The van der Waals surface area contributed by atoms with Crippen LogP contribution in [0.3, 0.4) is 0 Å². The van der Waals surface area contributed by atoms with Crippen molar-refractivity contribution in [3.63, 3.8) is 0 Å². The highest BCUT2D eigenvalue weighted by molar-refractivity contribution is 7.89. The topological polar surface area (TPSA) is 88.6 Å². The van der Waals surface area contributed by atoms with Gasteiger partial charge in [-0.05, 0) is 37.1 Å². The molecule has 1 aliphatic heterocycles. The number of sulfonamides is 1. The number of nitrogens with one attached hydrogen (secondary N) is 1. The van der Waals surface area contributed by atoms with Crippen LogP contribution in [0.5, 0.6) is 5.75 Å². The second-order valence-corrected chi connectivity index (χ2v) is 9.81. The maximum absolute atomic E-state index is 12.9. The minimum absolute atomic E-state index is 0.137. The quantitative estimate of drug-likeness (QED) is 0.613. The zero-order valence-electron chi connectivity index (χ0n) is 17.0. The molecule has 0 bridgehead atoms. The van der Waals surface area contributed by atoms with Crippen LogP contribution in [0.15, 0.2) is 64.9 Å². The maximum Gasteiger partial charge on any atom is 0.273 e.